The first-order valence-corrected chi connectivity index (χ1v) is 3.38. The largest absolute Gasteiger partial charge is 0.297 e. The van der Waals surface area contributed by atoms with E-state index in [4.69, 9.17) is 5.26 Å². The summed E-state index contributed by atoms with van der Waals surface area (Å²) in [4.78, 5) is 12.6. The lowest BCUT2D eigenvalue weighted by Gasteiger charge is -2.01. The van der Waals surface area contributed by atoms with Crippen molar-refractivity contribution in [1.29, 1.82) is 5.26 Å². The molecule has 0 atom stereocenters. The van der Waals surface area contributed by atoms with E-state index in [-0.39, 0.29) is 0 Å². The summed E-state index contributed by atoms with van der Waals surface area (Å²) >= 11 is 0. The van der Waals surface area contributed by atoms with Gasteiger partial charge in [0.05, 0.1) is 10.5 Å². The molecule has 1 heterocycles. The van der Waals surface area contributed by atoms with Crippen molar-refractivity contribution in [2.24, 2.45) is 0 Å². The first-order valence-electron chi connectivity index (χ1n) is 3.38. The number of alkyl halides is 2. The lowest BCUT2D eigenvalue weighted by Crippen LogP contribution is -2.00. The fourth-order valence-corrected chi connectivity index (χ4v) is 0.923. The fraction of sp³-hybridized carbons (Fsp3) is 0.143. The summed E-state index contributed by atoms with van der Waals surface area (Å²) in [6.45, 7) is 0. The maximum Gasteiger partial charge on any atom is 0.297 e. The van der Waals surface area contributed by atoms with Gasteiger partial charge in [-0.05, 0) is 0 Å². The smallest absolute Gasteiger partial charge is 0.258 e. The maximum absolute atomic E-state index is 12.4. The highest BCUT2D eigenvalue weighted by Crippen LogP contribution is 2.30. The average molecular weight is 199 g/mol. The van der Waals surface area contributed by atoms with Crippen molar-refractivity contribution in [2.45, 2.75) is 6.43 Å². The van der Waals surface area contributed by atoms with E-state index in [9.17, 15) is 18.9 Å². The van der Waals surface area contributed by atoms with Gasteiger partial charge in [0.2, 0.25) is 0 Å². The molecule has 0 aliphatic carbocycles. The second-order valence-electron chi connectivity index (χ2n) is 2.29. The lowest BCUT2D eigenvalue weighted by atomic mass is 10.1. The van der Waals surface area contributed by atoms with Crippen LogP contribution in [-0.4, -0.2) is 9.91 Å². The number of hydrogen-bond donors (Lipinski definition) is 0. The van der Waals surface area contributed by atoms with E-state index in [2.05, 4.69) is 4.98 Å². The van der Waals surface area contributed by atoms with Gasteiger partial charge < -0.3 is 0 Å². The fourth-order valence-electron chi connectivity index (χ4n) is 0.923. The summed E-state index contributed by atoms with van der Waals surface area (Å²) in [6, 6.07) is 1.43. The molecule has 5 nitrogen and oxygen atoms in total. The molecule has 0 radical (unpaired) electrons. The molecule has 0 amide bonds. The lowest BCUT2D eigenvalue weighted by molar-refractivity contribution is -0.386. The van der Waals surface area contributed by atoms with Gasteiger partial charge in [-0.25, -0.2) is 8.78 Å². The molecule has 0 fully saturated rings. The van der Waals surface area contributed by atoms with E-state index >= 15 is 0 Å². The van der Waals surface area contributed by atoms with Crippen molar-refractivity contribution in [3.63, 3.8) is 0 Å². The molecule has 0 saturated heterocycles. The number of nitriles is 1. The molecule has 1 rings (SSSR count). The van der Waals surface area contributed by atoms with E-state index in [1.807, 2.05) is 0 Å². The highest BCUT2D eigenvalue weighted by molar-refractivity contribution is 5.48. The zero-order chi connectivity index (χ0) is 10.7. The number of nitro groups is 1. The maximum atomic E-state index is 12.4. The Kier molecular flexibility index (Phi) is 2.67. The molecule has 0 unspecified atom stereocenters. The predicted octanol–water partition coefficient (Wildman–Crippen LogP) is 1.80. The first kappa shape index (κ1) is 9.98. The van der Waals surface area contributed by atoms with Crippen molar-refractivity contribution in [3.8, 4) is 6.07 Å². The second-order valence-corrected chi connectivity index (χ2v) is 2.29. The van der Waals surface area contributed by atoms with Crippen LogP contribution >= 0.6 is 0 Å². The molecular weight excluding hydrogens is 196 g/mol. The Balaban J connectivity index is 3.45. The van der Waals surface area contributed by atoms with Gasteiger partial charge in [0.15, 0.2) is 0 Å². The standard InChI is InChI=1S/C7H3F2N3O2/c8-7(9)6-4(1-10)2-11-3-5(6)12(13)14/h2-3,7H. The van der Waals surface area contributed by atoms with Crippen LogP contribution in [0.1, 0.15) is 17.6 Å². The number of nitrogens with zero attached hydrogens (tertiary/aromatic N) is 3. The molecule has 0 spiro atoms. The molecule has 0 bridgehead atoms. The molecule has 0 saturated carbocycles. The summed E-state index contributed by atoms with van der Waals surface area (Å²) < 4.78 is 24.7. The van der Waals surface area contributed by atoms with Gasteiger partial charge in [-0.1, -0.05) is 0 Å². The quantitative estimate of drug-likeness (QED) is 0.537. The van der Waals surface area contributed by atoms with E-state index in [1.54, 1.807) is 0 Å². The number of pyridine rings is 1. The van der Waals surface area contributed by atoms with Crippen molar-refractivity contribution in [2.75, 3.05) is 0 Å². The van der Waals surface area contributed by atoms with Crippen LogP contribution in [0.5, 0.6) is 0 Å². The minimum absolute atomic E-state index is 0.478. The zero-order valence-corrected chi connectivity index (χ0v) is 6.65. The van der Waals surface area contributed by atoms with Crippen molar-refractivity contribution < 1.29 is 13.7 Å². The molecule has 0 aliphatic heterocycles. The van der Waals surface area contributed by atoms with Crippen molar-refractivity contribution in [3.05, 3.63) is 33.6 Å². The van der Waals surface area contributed by atoms with Crippen molar-refractivity contribution >= 4 is 5.69 Å². The SMILES string of the molecule is N#Cc1cncc([N+](=O)[O-])c1C(F)F. The van der Waals surface area contributed by atoms with Crippen molar-refractivity contribution in [1.82, 2.24) is 4.98 Å². The van der Waals surface area contributed by atoms with Crippen LogP contribution in [0.25, 0.3) is 0 Å². The van der Waals surface area contributed by atoms with Crippen LogP contribution in [-0.2, 0) is 0 Å². The van der Waals surface area contributed by atoms with Crippen LogP contribution in [0, 0.1) is 21.4 Å². The number of rotatable bonds is 2. The Morgan fingerprint density at radius 1 is 1.57 bits per heavy atom. The Morgan fingerprint density at radius 2 is 2.21 bits per heavy atom. The molecule has 1 aromatic rings. The normalized spacial score (nSPS) is 9.86. The Bertz CT molecular complexity index is 414. The monoisotopic (exact) mass is 199 g/mol. The van der Waals surface area contributed by atoms with Gasteiger partial charge >= 0.3 is 0 Å². The topological polar surface area (TPSA) is 79.8 Å². The summed E-state index contributed by atoms with van der Waals surface area (Å²) in [5, 5.41) is 18.7. The van der Waals surface area contributed by atoms with Crippen LogP contribution in [0.15, 0.2) is 12.4 Å². The van der Waals surface area contributed by atoms with E-state index in [0.717, 1.165) is 6.20 Å². The highest BCUT2D eigenvalue weighted by atomic mass is 19.3. The highest BCUT2D eigenvalue weighted by Gasteiger charge is 2.25. The molecule has 0 aromatic carbocycles. The minimum Gasteiger partial charge on any atom is -0.258 e. The second kappa shape index (κ2) is 3.74. The Labute approximate surface area is 76.8 Å². The summed E-state index contributed by atoms with van der Waals surface area (Å²) in [6.07, 6.45) is -1.50. The Morgan fingerprint density at radius 3 is 2.64 bits per heavy atom. The molecule has 1 aromatic heterocycles. The third-order valence-electron chi connectivity index (χ3n) is 1.50. The predicted molar refractivity (Wildman–Crippen MR) is 40.6 cm³/mol. The molecular formula is C7H3F2N3O2. The van der Waals surface area contributed by atoms with Crippen LogP contribution in [0.2, 0.25) is 0 Å². The van der Waals surface area contributed by atoms with Gasteiger partial charge in [-0.15, -0.1) is 0 Å². The average Bonchev–Trinajstić information content (AvgIpc) is 2.16. The summed E-state index contributed by atoms with van der Waals surface area (Å²) in [5.74, 6) is 0. The van der Waals surface area contributed by atoms with Crippen LogP contribution in [0.4, 0.5) is 14.5 Å². The third-order valence-corrected chi connectivity index (χ3v) is 1.50. The molecule has 72 valence electrons. The third kappa shape index (κ3) is 1.64. The molecule has 14 heavy (non-hydrogen) atoms. The molecule has 0 aliphatic rings. The van der Waals surface area contributed by atoms with Crippen LogP contribution in [0.3, 0.4) is 0 Å². The van der Waals surface area contributed by atoms with Crippen LogP contribution < -0.4 is 0 Å². The van der Waals surface area contributed by atoms with Gasteiger partial charge in [0, 0.05) is 6.20 Å². The zero-order valence-electron chi connectivity index (χ0n) is 6.65. The van der Waals surface area contributed by atoms with Gasteiger partial charge in [0.1, 0.15) is 17.8 Å². The summed E-state index contributed by atoms with van der Waals surface area (Å²) in [5.41, 5.74) is -2.19. The van der Waals surface area contributed by atoms with Gasteiger partial charge in [-0.2, -0.15) is 5.26 Å². The van der Waals surface area contributed by atoms with E-state index in [1.165, 1.54) is 6.07 Å². The minimum atomic E-state index is -3.06. The van der Waals surface area contributed by atoms with Gasteiger partial charge in [0.25, 0.3) is 12.1 Å². The number of aromatic nitrogens is 1. The first-order chi connectivity index (χ1) is 6.57. The molecule has 7 heteroatoms. The summed E-state index contributed by atoms with van der Waals surface area (Å²) in [7, 11) is 0. The number of hydrogen-bond acceptors (Lipinski definition) is 4. The van der Waals surface area contributed by atoms with E-state index in [0.29, 0.717) is 6.20 Å². The number of halogens is 2. The van der Waals surface area contributed by atoms with Gasteiger partial charge in [-0.3, -0.25) is 15.1 Å². The van der Waals surface area contributed by atoms with E-state index < -0.39 is 28.2 Å². The Hall–Kier alpha value is -2.10. The molecule has 0 N–H and O–H groups in total.